The number of ether oxygens (including phenoxy) is 1. The number of carboxylic acid groups (broad SMARTS) is 1. The lowest BCUT2D eigenvalue weighted by molar-refractivity contribution is -0.140. The smallest absolute Gasteiger partial charge is 0.326 e. The molecule has 3 N–H and O–H groups in total. The fraction of sp³-hybridized carbons (Fsp3) is 0.429. The lowest BCUT2D eigenvalue weighted by Crippen LogP contribution is -2.49. The third kappa shape index (κ3) is 5.60. The van der Waals surface area contributed by atoms with Crippen LogP contribution in [0.1, 0.15) is 13.8 Å². The molecule has 1 aromatic carbocycles. The standard InChI is InChI=1S/C14H20N2O4/c1-10(2)12(13(17)18)16-14(19)15-8-9-20-11-6-4-3-5-7-11/h3-7,10,12H,8-9H2,1-2H3,(H,17,18)(H2,15,16,19)/t12-/m1/s1. The van der Waals surface area contributed by atoms with Crippen LogP contribution in [0.25, 0.3) is 0 Å². The molecule has 0 saturated carbocycles. The van der Waals surface area contributed by atoms with Gasteiger partial charge in [0.25, 0.3) is 0 Å². The molecule has 0 spiro atoms. The maximum atomic E-state index is 11.5. The van der Waals surface area contributed by atoms with Crippen LogP contribution >= 0.6 is 0 Å². The largest absolute Gasteiger partial charge is 0.492 e. The van der Waals surface area contributed by atoms with E-state index in [1.165, 1.54) is 0 Å². The first-order chi connectivity index (χ1) is 9.50. The van der Waals surface area contributed by atoms with Gasteiger partial charge in [0.2, 0.25) is 0 Å². The van der Waals surface area contributed by atoms with Crippen LogP contribution in [0.3, 0.4) is 0 Å². The third-order valence-corrected chi connectivity index (χ3v) is 2.62. The predicted molar refractivity (Wildman–Crippen MR) is 74.7 cm³/mol. The van der Waals surface area contributed by atoms with Crippen molar-refractivity contribution in [3.05, 3.63) is 30.3 Å². The van der Waals surface area contributed by atoms with Gasteiger partial charge in [-0.3, -0.25) is 0 Å². The number of amides is 2. The van der Waals surface area contributed by atoms with E-state index in [-0.39, 0.29) is 5.92 Å². The molecule has 0 unspecified atom stereocenters. The molecular weight excluding hydrogens is 260 g/mol. The van der Waals surface area contributed by atoms with Crippen LogP contribution in [0, 0.1) is 5.92 Å². The molecule has 6 heteroatoms. The van der Waals surface area contributed by atoms with Crippen LogP contribution in [-0.2, 0) is 4.79 Å². The second-order valence-electron chi connectivity index (χ2n) is 4.62. The van der Waals surface area contributed by atoms with Crippen LogP contribution in [0.5, 0.6) is 5.75 Å². The van der Waals surface area contributed by atoms with Gasteiger partial charge >= 0.3 is 12.0 Å². The van der Waals surface area contributed by atoms with Gasteiger partial charge in [-0.15, -0.1) is 0 Å². The van der Waals surface area contributed by atoms with E-state index in [9.17, 15) is 9.59 Å². The number of carboxylic acids is 1. The van der Waals surface area contributed by atoms with Crippen molar-refractivity contribution in [1.29, 1.82) is 0 Å². The van der Waals surface area contributed by atoms with Crippen molar-refractivity contribution in [3.63, 3.8) is 0 Å². The monoisotopic (exact) mass is 280 g/mol. The number of carbonyl (C=O) groups excluding carboxylic acids is 1. The van der Waals surface area contributed by atoms with E-state index >= 15 is 0 Å². The molecule has 0 fully saturated rings. The summed E-state index contributed by atoms with van der Waals surface area (Å²) in [5, 5.41) is 13.9. The summed E-state index contributed by atoms with van der Waals surface area (Å²) < 4.78 is 5.40. The van der Waals surface area contributed by atoms with Gasteiger partial charge in [-0.25, -0.2) is 9.59 Å². The average Bonchev–Trinajstić information content (AvgIpc) is 2.41. The summed E-state index contributed by atoms with van der Waals surface area (Å²) in [5.41, 5.74) is 0. The Morgan fingerprint density at radius 1 is 1.25 bits per heavy atom. The maximum Gasteiger partial charge on any atom is 0.326 e. The Morgan fingerprint density at radius 2 is 1.90 bits per heavy atom. The quantitative estimate of drug-likeness (QED) is 0.660. The number of carbonyl (C=O) groups is 2. The van der Waals surface area contributed by atoms with Gasteiger partial charge < -0.3 is 20.5 Å². The highest BCUT2D eigenvalue weighted by atomic mass is 16.5. The van der Waals surface area contributed by atoms with Crippen LogP contribution < -0.4 is 15.4 Å². The molecule has 0 bridgehead atoms. The molecule has 1 rings (SSSR count). The Kier molecular flexibility index (Phi) is 6.36. The minimum atomic E-state index is -1.05. The molecule has 20 heavy (non-hydrogen) atoms. The fourth-order valence-corrected chi connectivity index (χ4v) is 1.56. The first kappa shape index (κ1) is 15.8. The highest BCUT2D eigenvalue weighted by Crippen LogP contribution is 2.07. The van der Waals surface area contributed by atoms with Crippen molar-refractivity contribution < 1.29 is 19.4 Å². The Bertz CT molecular complexity index is 434. The maximum absolute atomic E-state index is 11.5. The zero-order chi connectivity index (χ0) is 15.0. The van der Waals surface area contributed by atoms with Gasteiger partial charge in [0.05, 0.1) is 6.54 Å². The second kappa shape index (κ2) is 8.04. The van der Waals surface area contributed by atoms with Gasteiger partial charge in [0.1, 0.15) is 18.4 Å². The van der Waals surface area contributed by atoms with Crippen molar-refractivity contribution in [3.8, 4) is 5.75 Å². The molecule has 110 valence electrons. The predicted octanol–water partition coefficient (Wildman–Crippen LogP) is 1.47. The summed E-state index contributed by atoms with van der Waals surface area (Å²) in [7, 11) is 0. The van der Waals surface area contributed by atoms with E-state index in [1.807, 2.05) is 30.3 Å². The molecule has 1 aromatic rings. The molecule has 0 aromatic heterocycles. The first-order valence-electron chi connectivity index (χ1n) is 6.45. The Labute approximate surface area is 118 Å². The molecular formula is C14H20N2O4. The van der Waals surface area contributed by atoms with Crippen molar-refractivity contribution in [1.82, 2.24) is 10.6 Å². The number of aliphatic carboxylic acids is 1. The highest BCUT2D eigenvalue weighted by molar-refractivity contribution is 5.82. The number of benzene rings is 1. The van der Waals surface area contributed by atoms with E-state index in [0.29, 0.717) is 13.2 Å². The summed E-state index contributed by atoms with van der Waals surface area (Å²) >= 11 is 0. The van der Waals surface area contributed by atoms with Crippen molar-refractivity contribution in [2.45, 2.75) is 19.9 Å². The topological polar surface area (TPSA) is 87.7 Å². The lowest BCUT2D eigenvalue weighted by atomic mass is 10.1. The van der Waals surface area contributed by atoms with Crippen LogP contribution in [0.15, 0.2) is 30.3 Å². The number of hydrogen-bond acceptors (Lipinski definition) is 3. The number of nitrogens with one attached hydrogen (secondary N) is 2. The lowest BCUT2D eigenvalue weighted by Gasteiger charge is -2.18. The highest BCUT2D eigenvalue weighted by Gasteiger charge is 2.22. The molecule has 2 amide bonds. The van der Waals surface area contributed by atoms with Crippen LogP contribution in [-0.4, -0.2) is 36.3 Å². The zero-order valence-electron chi connectivity index (χ0n) is 11.6. The number of rotatable bonds is 7. The molecule has 0 heterocycles. The molecule has 0 aliphatic carbocycles. The molecule has 0 radical (unpaired) electrons. The molecule has 0 saturated heterocycles. The fourth-order valence-electron chi connectivity index (χ4n) is 1.56. The van der Waals surface area contributed by atoms with Crippen molar-refractivity contribution >= 4 is 12.0 Å². The SMILES string of the molecule is CC(C)[C@@H](NC(=O)NCCOc1ccccc1)C(=O)O. The minimum Gasteiger partial charge on any atom is -0.492 e. The van der Waals surface area contributed by atoms with Gasteiger partial charge in [0, 0.05) is 0 Å². The number of hydrogen-bond donors (Lipinski definition) is 3. The molecule has 6 nitrogen and oxygen atoms in total. The minimum absolute atomic E-state index is 0.182. The van der Waals surface area contributed by atoms with Crippen LogP contribution in [0.4, 0.5) is 4.79 Å². The molecule has 0 aliphatic heterocycles. The third-order valence-electron chi connectivity index (χ3n) is 2.62. The summed E-state index contributed by atoms with van der Waals surface area (Å²) in [5.74, 6) is -0.505. The summed E-state index contributed by atoms with van der Waals surface area (Å²) in [6.45, 7) is 4.08. The summed E-state index contributed by atoms with van der Waals surface area (Å²) in [4.78, 5) is 22.5. The van der Waals surface area contributed by atoms with Gasteiger partial charge in [-0.2, -0.15) is 0 Å². The number of urea groups is 1. The average molecular weight is 280 g/mol. The molecule has 1 atom stereocenters. The Balaban J connectivity index is 2.24. The van der Waals surface area contributed by atoms with Gasteiger partial charge in [-0.05, 0) is 18.1 Å². The van der Waals surface area contributed by atoms with Gasteiger partial charge in [-0.1, -0.05) is 32.0 Å². The van der Waals surface area contributed by atoms with E-state index in [4.69, 9.17) is 9.84 Å². The summed E-state index contributed by atoms with van der Waals surface area (Å²) in [6.07, 6.45) is 0. The second-order valence-corrected chi connectivity index (χ2v) is 4.62. The summed E-state index contributed by atoms with van der Waals surface area (Å²) in [6, 6.07) is 7.83. The molecule has 0 aliphatic rings. The van der Waals surface area contributed by atoms with E-state index < -0.39 is 18.0 Å². The van der Waals surface area contributed by atoms with Gasteiger partial charge in [0.15, 0.2) is 0 Å². The van der Waals surface area contributed by atoms with E-state index in [0.717, 1.165) is 5.75 Å². The Morgan fingerprint density at radius 3 is 2.45 bits per heavy atom. The zero-order valence-corrected chi connectivity index (χ0v) is 11.6. The van der Waals surface area contributed by atoms with Crippen LogP contribution in [0.2, 0.25) is 0 Å². The number of para-hydroxylation sites is 1. The van der Waals surface area contributed by atoms with Crippen molar-refractivity contribution in [2.24, 2.45) is 5.92 Å². The normalized spacial score (nSPS) is 11.8. The van der Waals surface area contributed by atoms with E-state index in [2.05, 4.69) is 10.6 Å². The first-order valence-corrected chi connectivity index (χ1v) is 6.45. The Hall–Kier alpha value is -2.24. The van der Waals surface area contributed by atoms with Crippen molar-refractivity contribution in [2.75, 3.05) is 13.2 Å². The van der Waals surface area contributed by atoms with E-state index in [1.54, 1.807) is 13.8 Å².